The van der Waals surface area contributed by atoms with E-state index in [0.717, 1.165) is 31.6 Å². The van der Waals surface area contributed by atoms with Gasteiger partial charge in [-0.3, -0.25) is 4.99 Å². The van der Waals surface area contributed by atoms with Gasteiger partial charge in [-0.2, -0.15) is 0 Å². The van der Waals surface area contributed by atoms with E-state index in [2.05, 4.69) is 48.2 Å². The molecule has 0 aromatic heterocycles. The average molecular weight is 367 g/mol. The minimum atomic E-state index is 0.190. The molecule has 2 N–H and O–H groups in total. The molecule has 0 aliphatic carbocycles. The molecule has 0 aromatic carbocycles. The number of likely N-dealkylation sites (tertiary alicyclic amines) is 1. The van der Waals surface area contributed by atoms with E-state index in [0.29, 0.717) is 12.0 Å². The van der Waals surface area contributed by atoms with E-state index in [9.17, 15) is 0 Å². The van der Waals surface area contributed by atoms with Crippen LogP contribution >= 0.6 is 0 Å². The molecule has 152 valence electrons. The predicted octanol–water partition coefficient (Wildman–Crippen LogP) is 3.11. The normalized spacial score (nSPS) is 26.7. The molecule has 26 heavy (non-hydrogen) atoms. The summed E-state index contributed by atoms with van der Waals surface area (Å²) in [6, 6.07) is 0. The van der Waals surface area contributed by atoms with E-state index < -0.39 is 0 Å². The Labute approximate surface area is 161 Å². The van der Waals surface area contributed by atoms with Gasteiger partial charge in [-0.05, 0) is 63.1 Å². The quantitative estimate of drug-likeness (QED) is 0.431. The summed E-state index contributed by atoms with van der Waals surface area (Å²) in [6.07, 6.45) is 6.61. The lowest BCUT2D eigenvalue weighted by Gasteiger charge is -2.40. The van der Waals surface area contributed by atoms with Crippen molar-refractivity contribution in [2.75, 3.05) is 46.4 Å². The number of hydrogen-bond donors (Lipinski definition) is 2. The van der Waals surface area contributed by atoms with Gasteiger partial charge in [-0.1, -0.05) is 27.7 Å². The molecule has 2 heterocycles. The van der Waals surface area contributed by atoms with Crippen LogP contribution in [0.1, 0.15) is 59.8 Å². The Kier molecular flexibility index (Phi) is 8.68. The van der Waals surface area contributed by atoms with E-state index in [1.807, 2.05) is 7.05 Å². The third-order valence-corrected chi connectivity index (χ3v) is 5.87. The summed E-state index contributed by atoms with van der Waals surface area (Å²) in [5.41, 5.74) is 0.190. The predicted molar refractivity (Wildman–Crippen MR) is 111 cm³/mol. The lowest BCUT2D eigenvalue weighted by molar-refractivity contribution is -0.0835. The molecule has 2 aliphatic heterocycles. The highest BCUT2D eigenvalue weighted by Crippen LogP contribution is 2.33. The van der Waals surface area contributed by atoms with Crippen molar-refractivity contribution in [2.24, 2.45) is 22.2 Å². The molecule has 2 rings (SSSR count). The van der Waals surface area contributed by atoms with Gasteiger partial charge in [0.05, 0.1) is 6.10 Å². The Hall–Kier alpha value is -0.810. The number of nitrogens with zero attached hydrogens (tertiary/aromatic N) is 2. The highest BCUT2D eigenvalue weighted by molar-refractivity contribution is 5.79. The van der Waals surface area contributed by atoms with E-state index in [4.69, 9.17) is 4.74 Å². The fraction of sp³-hybridized carbons (Fsp3) is 0.952. The molecule has 0 saturated carbocycles. The van der Waals surface area contributed by atoms with Gasteiger partial charge in [0, 0.05) is 32.7 Å². The van der Waals surface area contributed by atoms with E-state index in [-0.39, 0.29) is 5.41 Å². The molecule has 0 aromatic rings. The number of piperidine rings is 1. The molecule has 0 spiro atoms. The summed E-state index contributed by atoms with van der Waals surface area (Å²) in [5, 5.41) is 7.01. The largest absolute Gasteiger partial charge is 0.377 e. The number of hydrogen-bond acceptors (Lipinski definition) is 3. The maximum Gasteiger partial charge on any atom is 0.190 e. The van der Waals surface area contributed by atoms with Crippen molar-refractivity contribution in [2.45, 2.75) is 65.9 Å². The number of rotatable bonds is 6. The van der Waals surface area contributed by atoms with Crippen LogP contribution in [0.15, 0.2) is 4.99 Å². The lowest BCUT2D eigenvalue weighted by Crippen LogP contribution is -2.47. The van der Waals surface area contributed by atoms with E-state index >= 15 is 0 Å². The van der Waals surface area contributed by atoms with Crippen LogP contribution in [0.2, 0.25) is 0 Å². The van der Waals surface area contributed by atoms with Crippen molar-refractivity contribution >= 4 is 5.96 Å². The van der Waals surface area contributed by atoms with Crippen molar-refractivity contribution < 1.29 is 4.74 Å². The zero-order valence-corrected chi connectivity index (χ0v) is 17.8. The summed E-state index contributed by atoms with van der Waals surface area (Å²) in [7, 11) is 1.86. The van der Waals surface area contributed by atoms with Crippen molar-refractivity contribution in [3.8, 4) is 0 Å². The maximum atomic E-state index is 6.09. The second-order valence-corrected chi connectivity index (χ2v) is 9.32. The van der Waals surface area contributed by atoms with Crippen molar-refractivity contribution in [1.82, 2.24) is 15.5 Å². The standard InChI is InChI=1S/C21H42N4O/c1-17-9-13-25(14-10-17)12-7-11-23-20(22-5)24-16-18-8-6-15-26-19(18)21(2,3)4/h17-19H,6-16H2,1-5H3,(H2,22,23,24). The first-order valence-electron chi connectivity index (χ1n) is 10.7. The van der Waals surface area contributed by atoms with E-state index in [1.54, 1.807) is 0 Å². The fourth-order valence-corrected chi connectivity index (χ4v) is 4.25. The van der Waals surface area contributed by atoms with Gasteiger partial charge in [0.15, 0.2) is 5.96 Å². The molecule has 2 atom stereocenters. The molecular formula is C21H42N4O. The zero-order valence-electron chi connectivity index (χ0n) is 17.8. The summed E-state index contributed by atoms with van der Waals surface area (Å²) >= 11 is 0. The first-order valence-corrected chi connectivity index (χ1v) is 10.7. The molecule has 2 saturated heterocycles. The third kappa shape index (κ3) is 7.07. The van der Waals surface area contributed by atoms with Gasteiger partial charge in [-0.25, -0.2) is 0 Å². The first-order chi connectivity index (χ1) is 12.4. The fourth-order valence-electron chi connectivity index (χ4n) is 4.25. The SMILES string of the molecule is CN=C(NCCCN1CCC(C)CC1)NCC1CCCOC1C(C)(C)C. The number of nitrogens with one attached hydrogen (secondary N) is 2. The smallest absolute Gasteiger partial charge is 0.190 e. The van der Waals surface area contributed by atoms with E-state index in [1.165, 1.54) is 51.7 Å². The Morgan fingerprint density at radius 2 is 1.88 bits per heavy atom. The van der Waals surface area contributed by atoms with Gasteiger partial charge in [-0.15, -0.1) is 0 Å². The maximum absolute atomic E-state index is 6.09. The summed E-state index contributed by atoms with van der Waals surface area (Å²) in [5.74, 6) is 2.39. The summed E-state index contributed by atoms with van der Waals surface area (Å²) in [4.78, 5) is 7.00. The van der Waals surface area contributed by atoms with Gasteiger partial charge in [0.2, 0.25) is 0 Å². The molecule has 2 fully saturated rings. The van der Waals surface area contributed by atoms with Crippen LogP contribution in [-0.2, 0) is 4.74 Å². The lowest BCUT2D eigenvalue weighted by atomic mass is 9.78. The highest BCUT2D eigenvalue weighted by Gasteiger charge is 2.35. The summed E-state index contributed by atoms with van der Waals surface area (Å²) in [6.45, 7) is 15.8. The third-order valence-electron chi connectivity index (χ3n) is 5.87. The molecular weight excluding hydrogens is 324 g/mol. The molecule has 2 unspecified atom stereocenters. The van der Waals surface area contributed by atoms with Crippen molar-refractivity contribution in [3.05, 3.63) is 0 Å². The van der Waals surface area contributed by atoms with Crippen LogP contribution in [0.25, 0.3) is 0 Å². The van der Waals surface area contributed by atoms with Crippen LogP contribution in [0, 0.1) is 17.3 Å². The Bertz CT molecular complexity index is 424. The van der Waals surface area contributed by atoms with Gasteiger partial charge in [0.25, 0.3) is 0 Å². The molecule has 2 aliphatic rings. The zero-order chi connectivity index (χ0) is 19.0. The van der Waals surface area contributed by atoms with Crippen LogP contribution in [0.3, 0.4) is 0 Å². The van der Waals surface area contributed by atoms with Crippen molar-refractivity contribution in [3.63, 3.8) is 0 Å². The Morgan fingerprint density at radius 1 is 1.15 bits per heavy atom. The average Bonchev–Trinajstić information content (AvgIpc) is 2.62. The van der Waals surface area contributed by atoms with Crippen LogP contribution in [0.5, 0.6) is 0 Å². The van der Waals surface area contributed by atoms with Crippen LogP contribution < -0.4 is 10.6 Å². The number of guanidine groups is 1. The van der Waals surface area contributed by atoms with Crippen LogP contribution in [0.4, 0.5) is 0 Å². The molecule has 5 nitrogen and oxygen atoms in total. The minimum absolute atomic E-state index is 0.190. The van der Waals surface area contributed by atoms with Gasteiger partial charge < -0.3 is 20.3 Å². The second kappa shape index (κ2) is 10.5. The first kappa shape index (κ1) is 21.5. The summed E-state index contributed by atoms with van der Waals surface area (Å²) < 4.78 is 6.09. The number of aliphatic imine (C=N–C) groups is 1. The van der Waals surface area contributed by atoms with Gasteiger partial charge >= 0.3 is 0 Å². The monoisotopic (exact) mass is 366 g/mol. The number of ether oxygens (including phenoxy) is 1. The van der Waals surface area contributed by atoms with Crippen LogP contribution in [-0.4, -0.2) is 63.3 Å². The minimum Gasteiger partial charge on any atom is -0.377 e. The highest BCUT2D eigenvalue weighted by atomic mass is 16.5. The Balaban J connectivity index is 1.65. The molecule has 0 amide bonds. The topological polar surface area (TPSA) is 48.9 Å². The molecule has 5 heteroatoms. The van der Waals surface area contributed by atoms with Gasteiger partial charge in [0.1, 0.15) is 0 Å². The molecule has 0 radical (unpaired) electrons. The second-order valence-electron chi connectivity index (χ2n) is 9.32. The Morgan fingerprint density at radius 3 is 2.54 bits per heavy atom. The molecule has 0 bridgehead atoms. The van der Waals surface area contributed by atoms with Crippen molar-refractivity contribution in [1.29, 1.82) is 0 Å².